The van der Waals surface area contributed by atoms with Gasteiger partial charge in [-0.15, -0.1) is 0 Å². The summed E-state index contributed by atoms with van der Waals surface area (Å²) < 4.78 is 11.1. The summed E-state index contributed by atoms with van der Waals surface area (Å²) >= 11 is 0. The number of nitriles is 1. The molecule has 25 heavy (non-hydrogen) atoms. The van der Waals surface area contributed by atoms with Gasteiger partial charge in [0.05, 0.1) is 17.0 Å². The lowest BCUT2D eigenvalue weighted by Crippen LogP contribution is -2.34. The number of ether oxygens (including phenoxy) is 1. The summed E-state index contributed by atoms with van der Waals surface area (Å²) in [4.78, 5) is 12.6. The summed E-state index contributed by atoms with van der Waals surface area (Å²) in [6.45, 7) is 2.16. The third-order valence-electron chi connectivity index (χ3n) is 4.82. The first-order chi connectivity index (χ1) is 12.2. The topological polar surface area (TPSA) is 87.1 Å². The van der Waals surface area contributed by atoms with Gasteiger partial charge in [0.2, 0.25) is 5.90 Å². The van der Waals surface area contributed by atoms with E-state index in [1.165, 1.54) is 12.8 Å². The van der Waals surface area contributed by atoms with Gasteiger partial charge in [0.1, 0.15) is 11.5 Å². The van der Waals surface area contributed by atoms with Crippen LogP contribution in [-0.4, -0.2) is 5.90 Å². The van der Waals surface area contributed by atoms with Crippen LogP contribution in [0.25, 0.3) is 11.0 Å². The van der Waals surface area contributed by atoms with Crippen molar-refractivity contribution >= 4 is 16.9 Å². The Morgan fingerprint density at radius 3 is 2.72 bits per heavy atom. The van der Waals surface area contributed by atoms with Gasteiger partial charge in [-0.2, -0.15) is 5.26 Å². The van der Waals surface area contributed by atoms with Crippen LogP contribution in [0.1, 0.15) is 56.9 Å². The van der Waals surface area contributed by atoms with Crippen LogP contribution in [-0.2, 0) is 0 Å². The first-order valence-electron chi connectivity index (χ1n) is 8.89. The Hall–Kier alpha value is -2.61. The van der Waals surface area contributed by atoms with Gasteiger partial charge in [-0.1, -0.05) is 51.2 Å². The van der Waals surface area contributed by atoms with Crippen molar-refractivity contribution in [2.24, 2.45) is 5.92 Å². The van der Waals surface area contributed by atoms with Gasteiger partial charge >= 0.3 is 5.63 Å². The van der Waals surface area contributed by atoms with Crippen LogP contribution >= 0.6 is 0 Å². The second-order valence-corrected chi connectivity index (χ2v) is 6.51. The van der Waals surface area contributed by atoms with Gasteiger partial charge in [0, 0.05) is 5.92 Å². The molecule has 5 nitrogen and oxygen atoms in total. The van der Waals surface area contributed by atoms with Gasteiger partial charge in [-0.3, -0.25) is 5.41 Å². The van der Waals surface area contributed by atoms with E-state index < -0.39 is 11.5 Å². The number of hydrogen-bond acceptors (Lipinski definition) is 5. The quantitative estimate of drug-likeness (QED) is 0.608. The summed E-state index contributed by atoms with van der Waals surface area (Å²) in [5.74, 6) is -0.766. The Bertz CT molecular complexity index is 879. The minimum atomic E-state index is -0.734. The number of nitrogens with one attached hydrogen (secondary N) is 1. The number of para-hydroxylation sites is 1. The molecule has 130 valence electrons. The zero-order valence-electron chi connectivity index (χ0n) is 14.4. The average Bonchev–Trinajstić information content (AvgIpc) is 2.61. The standard InChI is InChI=1S/C20H22N2O3/c1-2-3-4-5-6-9-13-15(12-21)19(22)25-18-14-10-7-8-11-16(14)24-20(23)17(13)18/h7-8,10-11,13,15,22H,2-6,9H2,1H3. The van der Waals surface area contributed by atoms with Gasteiger partial charge in [0.15, 0.2) is 5.75 Å². The first kappa shape index (κ1) is 17.2. The van der Waals surface area contributed by atoms with E-state index in [2.05, 4.69) is 13.0 Å². The molecule has 0 amide bonds. The lowest BCUT2D eigenvalue weighted by molar-refractivity contribution is 0.391. The van der Waals surface area contributed by atoms with Crippen LogP contribution in [0.15, 0.2) is 33.5 Å². The zero-order valence-corrected chi connectivity index (χ0v) is 14.4. The van der Waals surface area contributed by atoms with Gasteiger partial charge in [0.25, 0.3) is 0 Å². The number of unbranched alkanes of at least 4 members (excludes halogenated alkanes) is 4. The van der Waals surface area contributed by atoms with E-state index in [1.54, 1.807) is 12.1 Å². The van der Waals surface area contributed by atoms with E-state index in [1.807, 2.05) is 12.1 Å². The predicted molar refractivity (Wildman–Crippen MR) is 96.1 cm³/mol. The number of benzene rings is 1. The number of rotatable bonds is 6. The Morgan fingerprint density at radius 1 is 1.20 bits per heavy atom. The number of fused-ring (bicyclic) bond motifs is 3. The SMILES string of the molecule is CCCCCCCC1c2c(c3ccccc3oc2=O)OC(=N)C1C#N. The molecule has 0 radical (unpaired) electrons. The molecule has 1 aromatic heterocycles. The van der Waals surface area contributed by atoms with E-state index in [4.69, 9.17) is 14.6 Å². The van der Waals surface area contributed by atoms with Gasteiger partial charge in [-0.25, -0.2) is 4.79 Å². The highest BCUT2D eigenvalue weighted by Crippen LogP contribution is 2.42. The van der Waals surface area contributed by atoms with Crippen LogP contribution in [0.3, 0.4) is 0 Å². The zero-order chi connectivity index (χ0) is 17.8. The smallest absolute Gasteiger partial charge is 0.343 e. The maximum absolute atomic E-state index is 12.6. The molecule has 0 spiro atoms. The van der Waals surface area contributed by atoms with Gasteiger partial charge in [-0.05, 0) is 18.6 Å². The van der Waals surface area contributed by atoms with Crippen molar-refractivity contribution in [3.05, 3.63) is 40.2 Å². The normalized spacial score (nSPS) is 19.3. The summed E-state index contributed by atoms with van der Waals surface area (Å²) in [6, 6.07) is 9.29. The van der Waals surface area contributed by atoms with Crippen LogP contribution in [0, 0.1) is 22.7 Å². The van der Waals surface area contributed by atoms with Crippen LogP contribution in [0.2, 0.25) is 0 Å². The van der Waals surface area contributed by atoms with Crippen molar-refractivity contribution in [1.29, 1.82) is 10.7 Å². The van der Waals surface area contributed by atoms with E-state index in [0.717, 1.165) is 19.3 Å². The van der Waals surface area contributed by atoms with E-state index in [-0.39, 0.29) is 11.8 Å². The molecule has 2 unspecified atom stereocenters. The molecule has 1 N–H and O–H groups in total. The molecule has 2 atom stereocenters. The third-order valence-corrected chi connectivity index (χ3v) is 4.82. The second kappa shape index (κ2) is 7.52. The largest absolute Gasteiger partial charge is 0.441 e. The summed E-state index contributed by atoms with van der Waals surface area (Å²) in [6.07, 6.45) is 6.17. The minimum absolute atomic E-state index is 0.0793. The molecule has 0 fully saturated rings. The molecule has 3 rings (SSSR count). The van der Waals surface area contributed by atoms with E-state index in [0.29, 0.717) is 28.7 Å². The van der Waals surface area contributed by atoms with Crippen molar-refractivity contribution < 1.29 is 9.15 Å². The fraction of sp³-hybridized carbons (Fsp3) is 0.450. The van der Waals surface area contributed by atoms with Crippen molar-refractivity contribution in [3.63, 3.8) is 0 Å². The average molecular weight is 338 g/mol. The van der Waals surface area contributed by atoms with Crippen molar-refractivity contribution in [3.8, 4) is 11.8 Å². The molecule has 0 aliphatic carbocycles. The monoisotopic (exact) mass is 338 g/mol. The minimum Gasteiger partial charge on any atom is -0.441 e. The molecule has 1 aliphatic heterocycles. The molecule has 2 aromatic rings. The highest BCUT2D eigenvalue weighted by molar-refractivity contribution is 5.92. The first-order valence-corrected chi connectivity index (χ1v) is 8.89. The highest BCUT2D eigenvalue weighted by atomic mass is 16.5. The Morgan fingerprint density at radius 2 is 1.96 bits per heavy atom. The molecule has 2 heterocycles. The Kier molecular flexibility index (Phi) is 5.18. The third kappa shape index (κ3) is 3.30. The maximum atomic E-state index is 12.6. The summed E-state index contributed by atoms with van der Waals surface area (Å²) in [5.41, 5.74) is 0.396. The highest BCUT2D eigenvalue weighted by Gasteiger charge is 2.39. The van der Waals surface area contributed by atoms with Crippen LogP contribution < -0.4 is 10.4 Å². The predicted octanol–water partition coefficient (Wildman–Crippen LogP) is 4.75. The second-order valence-electron chi connectivity index (χ2n) is 6.51. The Balaban J connectivity index is 1.99. The molecule has 5 heteroatoms. The van der Waals surface area contributed by atoms with Crippen molar-refractivity contribution in [1.82, 2.24) is 0 Å². The van der Waals surface area contributed by atoms with E-state index in [9.17, 15) is 10.1 Å². The van der Waals surface area contributed by atoms with Crippen molar-refractivity contribution in [2.75, 3.05) is 0 Å². The van der Waals surface area contributed by atoms with Gasteiger partial charge < -0.3 is 9.15 Å². The molecular weight excluding hydrogens is 316 g/mol. The molecule has 0 saturated heterocycles. The number of nitrogens with zero attached hydrogens (tertiary/aromatic N) is 1. The summed E-state index contributed by atoms with van der Waals surface area (Å²) in [5, 5.41) is 18.3. The van der Waals surface area contributed by atoms with Crippen LogP contribution in [0.4, 0.5) is 0 Å². The lowest BCUT2D eigenvalue weighted by atomic mass is 9.80. The van der Waals surface area contributed by atoms with Crippen molar-refractivity contribution in [2.45, 2.75) is 51.4 Å². The Labute approximate surface area is 146 Å². The molecule has 0 bridgehead atoms. The fourth-order valence-corrected chi connectivity index (χ4v) is 3.52. The molecule has 1 aromatic carbocycles. The fourth-order valence-electron chi connectivity index (χ4n) is 3.52. The lowest BCUT2D eigenvalue weighted by Gasteiger charge is -2.29. The molecule has 0 saturated carbocycles. The number of hydrogen-bond donors (Lipinski definition) is 1. The van der Waals surface area contributed by atoms with Crippen LogP contribution in [0.5, 0.6) is 5.75 Å². The van der Waals surface area contributed by atoms with E-state index >= 15 is 0 Å². The maximum Gasteiger partial charge on any atom is 0.343 e. The summed E-state index contributed by atoms with van der Waals surface area (Å²) in [7, 11) is 0. The molecule has 1 aliphatic rings. The molecular formula is C20H22N2O3.